The van der Waals surface area contributed by atoms with Gasteiger partial charge in [-0.1, -0.05) is 26.0 Å². The van der Waals surface area contributed by atoms with Crippen LogP contribution in [-0.2, 0) is 0 Å². The molecule has 0 radical (unpaired) electrons. The van der Waals surface area contributed by atoms with E-state index in [1.807, 2.05) is 13.8 Å². The molecule has 2 aromatic rings. The summed E-state index contributed by atoms with van der Waals surface area (Å²) in [6, 6.07) is 7.70. The van der Waals surface area contributed by atoms with Crippen molar-refractivity contribution < 1.29 is 18.4 Å². The number of carbonyl (C=O) groups is 2. The van der Waals surface area contributed by atoms with Crippen LogP contribution in [-0.4, -0.2) is 34.8 Å². The van der Waals surface area contributed by atoms with Crippen LogP contribution in [0.1, 0.15) is 47.7 Å². The number of nitrogens with one attached hydrogen (secondary N) is 1. The van der Waals surface area contributed by atoms with E-state index in [1.165, 1.54) is 24.3 Å². The lowest BCUT2D eigenvalue weighted by molar-refractivity contribution is 0.0749. The highest BCUT2D eigenvalue weighted by molar-refractivity contribution is 6.04. The third kappa shape index (κ3) is 4.62. The van der Waals surface area contributed by atoms with Gasteiger partial charge in [-0.05, 0) is 37.1 Å². The molecule has 0 fully saturated rings. The van der Waals surface area contributed by atoms with Crippen molar-refractivity contribution in [3.8, 4) is 0 Å². The molecular formula is C19H21F2N3O2. The summed E-state index contributed by atoms with van der Waals surface area (Å²) >= 11 is 0. The Kier molecular flexibility index (Phi) is 6.77. The van der Waals surface area contributed by atoms with E-state index >= 15 is 0 Å². The summed E-state index contributed by atoms with van der Waals surface area (Å²) in [4.78, 5) is 30.6. The van der Waals surface area contributed by atoms with Crippen molar-refractivity contribution in [2.75, 3.05) is 18.4 Å². The topological polar surface area (TPSA) is 62.3 Å². The Morgan fingerprint density at radius 2 is 1.50 bits per heavy atom. The van der Waals surface area contributed by atoms with Gasteiger partial charge in [0.1, 0.15) is 28.7 Å². The van der Waals surface area contributed by atoms with E-state index in [0.717, 1.165) is 25.0 Å². The Labute approximate surface area is 151 Å². The Hall–Kier alpha value is -2.83. The highest BCUT2D eigenvalue weighted by Crippen LogP contribution is 2.18. The van der Waals surface area contributed by atoms with Gasteiger partial charge < -0.3 is 10.2 Å². The first kappa shape index (κ1) is 19.5. The van der Waals surface area contributed by atoms with Crippen molar-refractivity contribution in [3.63, 3.8) is 0 Å². The number of halogens is 2. The van der Waals surface area contributed by atoms with Crippen molar-refractivity contribution in [1.82, 2.24) is 9.88 Å². The first-order chi connectivity index (χ1) is 12.5. The number of para-hydroxylation sites is 1. The van der Waals surface area contributed by atoms with Crippen molar-refractivity contribution >= 4 is 17.5 Å². The van der Waals surface area contributed by atoms with Crippen molar-refractivity contribution in [3.05, 3.63) is 59.4 Å². The molecule has 0 spiro atoms. The van der Waals surface area contributed by atoms with Crippen LogP contribution in [0.4, 0.5) is 14.5 Å². The van der Waals surface area contributed by atoms with Gasteiger partial charge in [-0.2, -0.15) is 0 Å². The number of hydrogen-bond donors (Lipinski definition) is 1. The van der Waals surface area contributed by atoms with Gasteiger partial charge in [-0.15, -0.1) is 0 Å². The average Bonchev–Trinajstić information content (AvgIpc) is 2.64. The van der Waals surface area contributed by atoms with E-state index in [4.69, 9.17) is 0 Å². The molecule has 2 rings (SSSR count). The fourth-order valence-corrected chi connectivity index (χ4v) is 2.49. The fourth-order valence-electron chi connectivity index (χ4n) is 2.49. The van der Waals surface area contributed by atoms with Crippen molar-refractivity contribution in [2.24, 2.45) is 0 Å². The average molecular weight is 361 g/mol. The second-order valence-corrected chi connectivity index (χ2v) is 5.75. The molecule has 7 heteroatoms. The Morgan fingerprint density at radius 3 is 2.08 bits per heavy atom. The molecule has 0 aliphatic rings. The predicted octanol–water partition coefficient (Wildman–Crippen LogP) is 3.87. The predicted molar refractivity (Wildman–Crippen MR) is 95.0 cm³/mol. The lowest BCUT2D eigenvalue weighted by Crippen LogP contribution is -2.33. The third-order valence-corrected chi connectivity index (χ3v) is 3.68. The molecule has 0 bridgehead atoms. The number of anilines is 1. The van der Waals surface area contributed by atoms with Gasteiger partial charge in [0, 0.05) is 13.1 Å². The number of carbonyl (C=O) groups excluding carboxylic acids is 2. The second kappa shape index (κ2) is 9.03. The smallest absolute Gasteiger partial charge is 0.274 e. The molecule has 0 unspecified atom stereocenters. The molecule has 1 heterocycles. The number of rotatable bonds is 7. The standard InChI is InChI=1S/C19H21F2N3O2/c1-3-11-24(12-4-2)19(26)16-10-6-9-15(22-16)18(25)23-17-13(20)7-5-8-14(17)21/h5-10H,3-4,11-12H2,1-2H3,(H,23,25). The maximum Gasteiger partial charge on any atom is 0.274 e. The van der Waals surface area contributed by atoms with Crippen molar-refractivity contribution in [2.45, 2.75) is 26.7 Å². The van der Waals surface area contributed by atoms with Crippen LogP contribution in [0.15, 0.2) is 36.4 Å². The summed E-state index contributed by atoms with van der Waals surface area (Å²) in [6.45, 7) is 5.11. The Bertz CT molecular complexity index is 770. The van der Waals surface area contributed by atoms with Gasteiger partial charge in [-0.25, -0.2) is 13.8 Å². The molecule has 1 aromatic heterocycles. The van der Waals surface area contributed by atoms with E-state index in [9.17, 15) is 18.4 Å². The van der Waals surface area contributed by atoms with Gasteiger partial charge in [0.05, 0.1) is 0 Å². The minimum atomic E-state index is -0.886. The van der Waals surface area contributed by atoms with E-state index < -0.39 is 23.2 Å². The molecule has 0 aliphatic carbocycles. The van der Waals surface area contributed by atoms with E-state index in [2.05, 4.69) is 10.3 Å². The molecule has 2 amide bonds. The molecule has 0 saturated heterocycles. The highest BCUT2D eigenvalue weighted by atomic mass is 19.1. The van der Waals surface area contributed by atoms with Gasteiger partial charge in [-0.3, -0.25) is 9.59 Å². The zero-order valence-electron chi connectivity index (χ0n) is 14.8. The highest BCUT2D eigenvalue weighted by Gasteiger charge is 2.19. The lowest BCUT2D eigenvalue weighted by Gasteiger charge is -2.21. The molecule has 138 valence electrons. The SMILES string of the molecule is CCCN(CCC)C(=O)c1cccc(C(=O)Nc2c(F)cccc2F)n1. The van der Waals surface area contributed by atoms with Gasteiger partial charge in [0.2, 0.25) is 0 Å². The summed E-state index contributed by atoms with van der Waals surface area (Å²) in [5.41, 5.74) is -0.519. The van der Waals surface area contributed by atoms with Crippen LogP contribution in [0.3, 0.4) is 0 Å². The van der Waals surface area contributed by atoms with E-state index in [1.54, 1.807) is 4.90 Å². The normalized spacial score (nSPS) is 10.5. The van der Waals surface area contributed by atoms with Crippen LogP contribution in [0.2, 0.25) is 0 Å². The first-order valence-electron chi connectivity index (χ1n) is 8.49. The second-order valence-electron chi connectivity index (χ2n) is 5.75. The largest absolute Gasteiger partial charge is 0.337 e. The summed E-state index contributed by atoms with van der Waals surface area (Å²) in [5.74, 6) is -2.84. The molecule has 1 aromatic carbocycles. The van der Waals surface area contributed by atoms with E-state index in [-0.39, 0.29) is 17.3 Å². The maximum absolute atomic E-state index is 13.7. The van der Waals surface area contributed by atoms with Crippen molar-refractivity contribution in [1.29, 1.82) is 0 Å². The number of aromatic nitrogens is 1. The minimum Gasteiger partial charge on any atom is -0.337 e. The number of hydrogen-bond acceptors (Lipinski definition) is 3. The van der Waals surface area contributed by atoms with Gasteiger partial charge in [0.25, 0.3) is 11.8 Å². The zero-order valence-corrected chi connectivity index (χ0v) is 14.8. The van der Waals surface area contributed by atoms with E-state index in [0.29, 0.717) is 13.1 Å². The molecule has 0 aliphatic heterocycles. The van der Waals surface area contributed by atoms with Crippen LogP contribution < -0.4 is 5.32 Å². The minimum absolute atomic E-state index is 0.0912. The molecular weight excluding hydrogens is 340 g/mol. The number of amides is 2. The monoisotopic (exact) mass is 361 g/mol. The fraction of sp³-hybridized carbons (Fsp3) is 0.316. The quantitative estimate of drug-likeness (QED) is 0.814. The number of pyridine rings is 1. The molecule has 1 N–H and O–H groups in total. The van der Waals surface area contributed by atoms with Crippen LogP contribution >= 0.6 is 0 Å². The summed E-state index contributed by atoms with van der Waals surface area (Å²) in [7, 11) is 0. The summed E-state index contributed by atoms with van der Waals surface area (Å²) < 4.78 is 27.3. The number of benzene rings is 1. The molecule has 0 atom stereocenters. The van der Waals surface area contributed by atoms with Crippen LogP contribution in [0.5, 0.6) is 0 Å². The third-order valence-electron chi connectivity index (χ3n) is 3.68. The Morgan fingerprint density at radius 1 is 0.962 bits per heavy atom. The number of nitrogens with zero attached hydrogens (tertiary/aromatic N) is 2. The lowest BCUT2D eigenvalue weighted by atomic mass is 10.2. The maximum atomic E-state index is 13.7. The van der Waals surface area contributed by atoms with Crippen LogP contribution in [0, 0.1) is 11.6 Å². The molecule has 0 saturated carbocycles. The van der Waals surface area contributed by atoms with Gasteiger partial charge >= 0.3 is 0 Å². The first-order valence-corrected chi connectivity index (χ1v) is 8.49. The zero-order chi connectivity index (χ0) is 19.1. The molecule has 26 heavy (non-hydrogen) atoms. The summed E-state index contributed by atoms with van der Waals surface area (Å²) in [6.07, 6.45) is 1.61. The Balaban J connectivity index is 2.22. The van der Waals surface area contributed by atoms with Crippen LogP contribution in [0.25, 0.3) is 0 Å². The summed E-state index contributed by atoms with van der Waals surface area (Å²) in [5, 5.41) is 2.16. The molecule has 5 nitrogen and oxygen atoms in total. The van der Waals surface area contributed by atoms with Gasteiger partial charge in [0.15, 0.2) is 0 Å².